The molecule has 3 rings (SSSR count). The second kappa shape index (κ2) is 7.91. The lowest BCUT2D eigenvalue weighted by Crippen LogP contribution is -2.48. The van der Waals surface area contributed by atoms with E-state index in [0.29, 0.717) is 22.9 Å². The van der Waals surface area contributed by atoms with E-state index in [9.17, 15) is 4.79 Å². The SMILES string of the molecule is O=C(CCc1ccc(Cl)cc1Cl)N1CCN(c2ccccc2)CC1. The number of aryl methyl sites for hydroxylation is 1. The van der Waals surface area contributed by atoms with Crippen LogP contribution < -0.4 is 4.90 Å². The molecular weight excluding hydrogens is 343 g/mol. The number of piperazine rings is 1. The number of nitrogens with zero attached hydrogens (tertiary/aromatic N) is 2. The van der Waals surface area contributed by atoms with Crippen LogP contribution in [0.5, 0.6) is 0 Å². The van der Waals surface area contributed by atoms with Crippen molar-refractivity contribution in [3.05, 3.63) is 64.1 Å². The lowest BCUT2D eigenvalue weighted by Gasteiger charge is -2.36. The summed E-state index contributed by atoms with van der Waals surface area (Å²) in [6.45, 7) is 3.28. The molecule has 0 aromatic heterocycles. The first-order valence-electron chi connectivity index (χ1n) is 8.15. The summed E-state index contributed by atoms with van der Waals surface area (Å²) in [7, 11) is 0. The smallest absolute Gasteiger partial charge is 0.223 e. The van der Waals surface area contributed by atoms with Gasteiger partial charge in [-0.25, -0.2) is 0 Å². The standard InChI is InChI=1S/C19H20Cl2N2O/c20-16-8-6-15(18(21)14-16)7-9-19(24)23-12-10-22(11-13-23)17-4-2-1-3-5-17/h1-6,8,14H,7,9-13H2. The molecule has 0 bridgehead atoms. The van der Waals surface area contributed by atoms with Gasteiger partial charge in [-0.15, -0.1) is 0 Å². The predicted octanol–water partition coefficient (Wildman–Crippen LogP) is 4.27. The van der Waals surface area contributed by atoms with Gasteiger partial charge in [0.2, 0.25) is 5.91 Å². The van der Waals surface area contributed by atoms with Gasteiger partial charge in [-0.05, 0) is 36.2 Å². The second-order valence-electron chi connectivity index (χ2n) is 5.94. The van der Waals surface area contributed by atoms with Gasteiger partial charge in [0.25, 0.3) is 0 Å². The molecule has 1 heterocycles. The summed E-state index contributed by atoms with van der Waals surface area (Å²) in [4.78, 5) is 16.7. The number of carbonyl (C=O) groups is 1. The summed E-state index contributed by atoms with van der Waals surface area (Å²) in [5, 5.41) is 1.25. The lowest BCUT2D eigenvalue weighted by atomic mass is 10.1. The predicted molar refractivity (Wildman–Crippen MR) is 100 cm³/mol. The van der Waals surface area contributed by atoms with Crippen molar-refractivity contribution >= 4 is 34.8 Å². The first kappa shape index (κ1) is 17.1. The van der Waals surface area contributed by atoms with Crippen LogP contribution in [-0.4, -0.2) is 37.0 Å². The van der Waals surface area contributed by atoms with Gasteiger partial charge in [0.05, 0.1) is 0 Å². The van der Waals surface area contributed by atoms with Crippen molar-refractivity contribution in [1.29, 1.82) is 0 Å². The number of hydrogen-bond donors (Lipinski definition) is 0. The highest BCUT2D eigenvalue weighted by Crippen LogP contribution is 2.22. The Morgan fingerprint density at radius 1 is 0.958 bits per heavy atom. The van der Waals surface area contributed by atoms with Crippen LogP contribution in [0.2, 0.25) is 10.0 Å². The van der Waals surface area contributed by atoms with Crippen molar-refractivity contribution in [1.82, 2.24) is 4.90 Å². The maximum atomic E-state index is 12.4. The molecule has 1 saturated heterocycles. The minimum atomic E-state index is 0.189. The van der Waals surface area contributed by atoms with E-state index in [4.69, 9.17) is 23.2 Å². The fraction of sp³-hybridized carbons (Fsp3) is 0.316. The van der Waals surface area contributed by atoms with Gasteiger partial charge in [-0.3, -0.25) is 4.79 Å². The number of amides is 1. The maximum absolute atomic E-state index is 12.4. The monoisotopic (exact) mass is 362 g/mol. The van der Waals surface area contributed by atoms with E-state index in [1.54, 1.807) is 6.07 Å². The summed E-state index contributed by atoms with van der Waals surface area (Å²) in [6, 6.07) is 15.8. The number of carbonyl (C=O) groups excluding carboxylic acids is 1. The van der Waals surface area contributed by atoms with Crippen LogP contribution in [0.15, 0.2) is 48.5 Å². The average Bonchev–Trinajstić information content (AvgIpc) is 2.62. The molecule has 2 aromatic carbocycles. The van der Waals surface area contributed by atoms with Crippen molar-refractivity contribution in [2.75, 3.05) is 31.1 Å². The number of anilines is 1. The van der Waals surface area contributed by atoms with E-state index in [2.05, 4.69) is 17.0 Å². The molecule has 0 unspecified atom stereocenters. The third-order valence-corrected chi connectivity index (χ3v) is 4.96. The fourth-order valence-electron chi connectivity index (χ4n) is 2.98. The van der Waals surface area contributed by atoms with Gasteiger partial charge < -0.3 is 9.80 Å². The first-order valence-corrected chi connectivity index (χ1v) is 8.91. The molecule has 0 spiro atoms. The van der Waals surface area contributed by atoms with Crippen LogP contribution in [0.1, 0.15) is 12.0 Å². The molecule has 5 heteroatoms. The molecule has 126 valence electrons. The van der Waals surface area contributed by atoms with Crippen LogP contribution in [0.4, 0.5) is 5.69 Å². The highest BCUT2D eigenvalue weighted by Gasteiger charge is 2.21. The Morgan fingerprint density at radius 2 is 1.67 bits per heavy atom. The van der Waals surface area contributed by atoms with Crippen molar-refractivity contribution in [3.63, 3.8) is 0 Å². The van der Waals surface area contributed by atoms with Crippen molar-refractivity contribution in [2.24, 2.45) is 0 Å². The molecular formula is C19H20Cl2N2O. The van der Waals surface area contributed by atoms with E-state index in [1.807, 2.05) is 35.2 Å². The van der Waals surface area contributed by atoms with E-state index in [0.717, 1.165) is 31.7 Å². The van der Waals surface area contributed by atoms with E-state index >= 15 is 0 Å². The number of rotatable bonds is 4. The second-order valence-corrected chi connectivity index (χ2v) is 6.78. The Kier molecular flexibility index (Phi) is 5.64. The molecule has 24 heavy (non-hydrogen) atoms. The number of hydrogen-bond acceptors (Lipinski definition) is 2. The zero-order valence-corrected chi connectivity index (χ0v) is 14.9. The Hall–Kier alpha value is -1.71. The van der Waals surface area contributed by atoms with Gasteiger partial charge >= 0.3 is 0 Å². The van der Waals surface area contributed by atoms with Gasteiger partial charge in [0.15, 0.2) is 0 Å². The topological polar surface area (TPSA) is 23.6 Å². The molecule has 1 amide bonds. The quantitative estimate of drug-likeness (QED) is 0.810. The highest BCUT2D eigenvalue weighted by atomic mass is 35.5. The minimum absolute atomic E-state index is 0.189. The van der Waals surface area contributed by atoms with Crippen LogP contribution in [-0.2, 0) is 11.2 Å². The molecule has 2 aromatic rings. The van der Waals surface area contributed by atoms with Crippen LogP contribution >= 0.6 is 23.2 Å². The molecule has 1 aliphatic heterocycles. The normalized spacial score (nSPS) is 14.8. The van der Waals surface area contributed by atoms with Crippen molar-refractivity contribution in [3.8, 4) is 0 Å². The summed E-state index contributed by atoms with van der Waals surface area (Å²) in [5.41, 5.74) is 2.19. The van der Waals surface area contributed by atoms with E-state index in [-0.39, 0.29) is 5.91 Å². The fourth-order valence-corrected chi connectivity index (χ4v) is 3.48. The average molecular weight is 363 g/mol. The number of halogens is 2. The van der Waals surface area contributed by atoms with Crippen molar-refractivity contribution in [2.45, 2.75) is 12.8 Å². The minimum Gasteiger partial charge on any atom is -0.368 e. The Labute approximate surface area is 152 Å². The van der Waals surface area contributed by atoms with Crippen LogP contribution in [0.3, 0.4) is 0 Å². The van der Waals surface area contributed by atoms with Gasteiger partial charge in [0, 0.05) is 48.3 Å². The molecule has 0 aliphatic carbocycles. The largest absolute Gasteiger partial charge is 0.368 e. The zero-order valence-electron chi connectivity index (χ0n) is 13.4. The van der Waals surface area contributed by atoms with E-state index in [1.165, 1.54) is 5.69 Å². The first-order chi connectivity index (χ1) is 11.6. The van der Waals surface area contributed by atoms with Gasteiger partial charge in [0.1, 0.15) is 0 Å². The van der Waals surface area contributed by atoms with Crippen LogP contribution in [0.25, 0.3) is 0 Å². The van der Waals surface area contributed by atoms with Crippen LogP contribution in [0, 0.1) is 0 Å². The molecule has 0 saturated carbocycles. The lowest BCUT2D eigenvalue weighted by molar-refractivity contribution is -0.131. The van der Waals surface area contributed by atoms with Gasteiger partial charge in [-0.1, -0.05) is 47.5 Å². The number of para-hydroxylation sites is 1. The van der Waals surface area contributed by atoms with Gasteiger partial charge in [-0.2, -0.15) is 0 Å². The third kappa shape index (κ3) is 4.22. The molecule has 3 nitrogen and oxygen atoms in total. The van der Waals surface area contributed by atoms with Crippen molar-refractivity contribution < 1.29 is 4.79 Å². The summed E-state index contributed by atoms with van der Waals surface area (Å²) in [6.07, 6.45) is 1.13. The molecule has 0 radical (unpaired) electrons. The summed E-state index contributed by atoms with van der Waals surface area (Å²) < 4.78 is 0. The Balaban J connectivity index is 1.50. The highest BCUT2D eigenvalue weighted by molar-refractivity contribution is 6.35. The maximum Gasteiger partial charge on any atom is 0.223 e. The zero-order chi connectivity index (χ0) is 16.9. The number of benzene rings is 2. The summed E-state index contributed by atoms with van der Waals surface area (Å²) >= 11 is 12.1. The summed E-state index contributed by atoms with van der Waals surface area (Å²) in [5.74, 6) is 0.189. The molecule has 0 N–H and O–H groups in total. The molecule has 1 fully saturated rings. The Bertz CT molecular complexity index is 698. The van der Waals surface area contributed by atoms with E-state index < -0.39 is 0 Å². The molecule has 1 aliphatic rings. The molecule has 0 atom stereocenters. The Morgan fingerprint density at radius 3 is 2.33 bits per heavy atom. The third-order valence-electron chi connectivity index (χ3n) is 4.38.